The third-order valence-corrected chi connectivity index (χ3v) is 5.68. The number of benzene rings is 2. The van der Waals surface area contributed by atoms with Crippen molar-refractivity contribution in [3.05, 3.63) is 81.9 Å². The second-order valence-electron chi connectivity index (χ2n) is 7.14. The number of ketones is 1. The van der Waals surface area contributed by atoms with E-state index >= 15 is 0 Å². The van der Waals surface area contributed by atoms with Crippen molar-refractivity contribution in [2.45, 2.75) is 19.8 Å². The van der Waals surface area contributed by atoms with Gasteiger partial charge in [-0.25, -0.2) is 4.98 Å². The van der Waals surface area contributed by atoms with Gasteiger partial charge in [0.15, 0.2) is 0 Å². The molecule has 6 nitrogen and oxygen atoms in total. The summed E-state index contributed by atoms with van der Waals surface area (Å²) in [5.74, 6) is 1.23. The predicted octanol–water partition coefficient (Wildman–Crippen LogP) is 4.51. The van der Waals surface area contributed by atoms with E-state index in [1.807, 2.05) is 42.6 Å². The van der Waals surface area contributed by atoms with E-state index in [4.69, 9.17) is 4.74 Å². The second-order valence-corrected chi connectivity index (χ2v) is 8.12. The summed E-state index contributed by atoms with van der Waals surface area (Å²) in [6.45, 7) is 1.88. The number of amides is 1. The highest BCUT2D eigenvalue weighted by Gasteiger charge is 2.13. The lowest BCUT2D eigenvalue weighted by molar-refractivity contribution is -0.117. The fraction of sp³-hybridized carbons (Fsp3) is 0.167. The Morgan fingerprint density at radius 1 is 1.03 bits per heavy atom. The minimum absolute atomic E-state index is 0.126. The molecule has 0 aliphatic rings. The van der Waals surface area contributed by atoms with Crippen LogP contribution in [0.4, 0.5) is 0 Å². The molecule has 1 N–H and O–H groups in total. The summed E-state index contributed by atoms with van der Waals surface area (Å²) in [7, 11) is 1.61. The summed E-state index contributed by atoms with van der Waals surface area (Å²) in [5.41, 5.74) is 3.11. The minimum atomic E-state index is -0.152. The molecule has 4 rings (SSSR count). The van der Waals surface area contributed by atoms with Crippen LogP contribution in [0, 0.1) is 6.92 Å². The van der Waals surface area contributed by atoms with E-state index in [-0.39, 0.29) is 11.7 Å². The summed E-state index contributed by atoms with van der Waals surface area (Å²) < 4.78 is 6.08. The fourth-order valence-corrected chi connectivity index (χ4v) is 3.99. The average Bonchev–Trinajstić information content (AvgIpc) is 3.27. The van der Waals surface area contributed by atoms with E-state index < -0.39 is 0 Å². The number of pyridine rings is 1. The lowest BCUT2D eigenvalue weighted by Gasteiger charge is -2.12. The molecule has 0 radical (unpaired) electrons. The Hall–Kier alpha value is -3.58. The Kier molecular flexibility index (Phi) is 6.04. The third-order valence-electron chi connectivity index (χ3n) is 4.90. The van der Waals surface area contributed by atoms with Gasteiger partial charge in [-0.3, -0.25) is 14.6 Å². The van der Waals surface area contributed by atoms with E-state index in [9.17, 15) is 9.59 Å². The van der Waals surface area contributed by atoms with Crippen LogP contribution >= 0.6 is 11.3 Å². The van der Waals surface area contributed by atoms with Crippen LogP contribution in [0.2, 0.25) is 0 Å². The second kappa shape index (κ2) is 9.06. The molecule has 0 saturated carbocycles. The number of Topliss-reactive ketones (excluding diaryl/α,β-unsaturated/α-hetero) is 1. The topological polar surface area (TPSA) is 81.2 Å². The van der Waals surface area contributed by atoms with Crippen LogP contribution < -0.4 is 10.1 Å². The van der Waals surface area contributed by atoms with Crippen molar-refractivity contribution in [2.75, 3.05) is 7.05 Å². The van der Waals surface area contributed by atoms with E-state index in [1.54, 1.807) is 31.6 Å². The smallest absolute Gasteiger partial charge is 0.251 e. The molecule has 2 aromatic heterocycles. The number of hydrogen-bond donors (Lipinski definition) is 1. The number of rotatable bonds is 7. The number of carbonyl (C=O) groups excluding carboxylic acids is 2. The van der Waals surface area contributed by atoms with Crippen LogP contribution in [0.1, 0.15) is 26.5 Å². The molecule has 0 unspecified atom stereocenters. The first kappa shape index (κ1) is 20.7. The summed E-state index contributed by atoms with van der Waals surface area (Å²) in [6, 6.07) is 12.9. The molecule has 156 valence electrons. The van der Waals surface area contributed by atoms with E-state index in [0.717, 1.165) is 27.0 Å². The molecule has 0 fully saturated rings. The summed E-state index contributed by atoms with van der Waals surface area (Å²) in [5, 5.41) is 6.12. The molecule has 0 atom stereocenters. The number of hydrogen-bond acceptors (Lipinski definition) is 6. The van der Waals surface area contributed by atoms with Crippen LogP contribution in [0.3, 0.4) is 0 Å². The fourth-order valence-electron chi connectivity index (χ4n) is 3.34. The molecule has 0 aliphatic carbocycles. The van der Waals surface area contributed by atoms with Crippen LogP contribution in [0.5, 0.6) is 11.5 Å². The molecular formula is C24H21N3O3S. The highest BCUT2D eigenvalue weighted by atomic mass is 32.1. The maximum Gasteiger partial charge on any atom is 0.251 e. The lowest BCUT2D eigenvalue weighted by Crippen LogP contribution is -2.18. The first-order valence-corrected chi connectivity index (χ1v) is 10.7. The maximum absolute atomic E-state index is 12.2. The first-order chi connectivity index (χ1) is 15.0. The standard InChI is InChI=1S/C24H21N3O3S/c1-15-11-21-20(14-19(15)24(29)25-2)22(7-8-26-21)30-18-5-3-16(4-6-18)12-17(28)13-23-27-9-10-31-23/h3-11,14H,12-13H2,1-2H3,(H,25,29). The van der Waals surface area contributed by atoms with Gasteiger partial charge in [0.05, 0.1) is 16.9 Å². The Bertz CT molecular complexity index is 1240. The number of nitrogens with one attached hydrogen (secondary N) is 1. The number of thiazole rings is 1. The predicted molar refractivity (Wildman–Crippen MR) is 121 cm³/mol. The highest BCUT2D eigenvalue weighted by Crippen LogP contribution is 2.31. The molecule has 0 aliphatic heterocycles. The quantitative estimate of drug-likeness (QED) is 0.466. The highest BCUT2D eigenvalue weighted by molar-refractivity contribution is 7.09. The molecule has 4 aromatic rings. The van der Waals surface area contributed by atoms with Gasteiger partial charge in [0.25, 0.3) is 5.91 Å². The van der Waals surface area contributed by atoms with Crippen molar-refractivity contribution in [2.24, 2.45) is 0 Å². The average molecular weight is 432 g/mol. The maximum atomic E-state index is 12.2. The van der Waals surface area contributed by atoms with Gasteiger partial charge in [0, 0.05) is 42.2 Å². The molecule has 2 heterocycles. The first-order valence-electron chi connectivity index (χ1n) is 9.82. The van der Waals surface area contributed by atoms with Crippen LogP contribution in [-0.4, -0.2) is 28.7 Å². The van der Waals surface area contributed by atoms with Crippen LogP contribution in [-0.2, 0) is 17.6 Å². The zero-order valence-corrected chi connectivity index (χ0v) is 18.0. The zero-order chi connectivity index (χ0) is 21.8. The van der Waals surface area contributed by atoms with Crippen molar-refractivity contribution in [1.82, 2.24) is 15.3 Å². The summed E-state index contributed by atoms with van der Waals surface area (Å²) in [6.07, 6.45) is 4.10. The number of ether oxygens (including phenoxy) is 1. The number of aryl methyl sites for hydroxylation is 1. The molecule has 7 heteroatoms. The van der Waals surface area contributed by atoms with Gasteiger partial charge < -0.3 is 10.1 Å². The van der Waals surface area contributed by atoms with Crippen molar-refractivity contribution in [3.63, 3.8) is 0 Å². The number of carbonyl (C=O) groups is 2. The zero-order valence-electron chi connectivity index (χ0n) is 17.2. The van der Waals surface area contributed by atoms with E-state index in [1.165, 1.54) is 11.3 Å². The van der Waals surface area contributed by atoms with Crippen LogP contribution in [0.15, 0.2) is 60.2 Å². The van der Waals surface area contributed by atoms with Gasteiger partial charge in [0.1, 0.15) is 17.3 Å². The number of nitrogens with zero attached hydrogens (tertiary/aromatic N) is 2. The Labute approximate surface area is 183 Å². The van der Waals surface area contributed by atoms with Crippen molar-refractivity contribution in [1.29, 1.82) is 0 Å². The van der Waals surface area contributed by atoms with Gasteiger partial charge in [0.2, 0.25) is 0 Å². The van der Waals surface area contributed by atoms with E-state index in [2.05, 4.69) is 15.3 Å². The summed E-state index contributed by atoms with van der Waals surface area (Å²) in [4.78, 5) is 33.0. The van der Waals surface area contributed by atoms with Crippen molar-refractivity contribution < 1.29 is 14.3 Å². The molecule has 0 saturated heterocycles. The largest absolute Gasteiger partial charge is 0.457 e. The van der Waals surface area contributed by atoms with Gasteiger partial charge in [-0.1, -0.05) is 12.1 Å². The molecule has 0 bridgehead atoms. The molecule has 1 amide bonds. The third kappa shape index (κ3) is 4.78. The Morgan fingerprint density at radius 3 is 2.55 bits per heavy atom. The van der Waals surface area contributed by atoms with Gasteiger partial charge in [-0.2, -0.15) is 0 Å². The van der Waals surface area contributed by atoms with Crippen molar-refractivity contribution in [3.8, 4) is 11.5 Å². The van der Waals surface area contributed by atoms with Gasteiger partial charge in [-0.15, -0.1) is 11.3 Å². The number of aromatic nitrogens is 2. The Balaban J connectivity index is 1.52. The van der Waals surface area contributed by atoms with Crippen molar-refractivity contribution >= 4 is 33.9 Å². The normalized spacial score (nSPS) is 10.8. The number of fused-ring (bicyclic) bond motifs is 1. The molecular weight excluding hydrogens is 410 g/mol. The van der Waals surface area contributed by atoms with E-state index in [0.29, 0.717) is 29.9 Å². The molecule has 31 heavy (non-hydrogen) atoms. The molecule has 2 aromatic carbocycles. The Morgan fingerprint density at radius 2 is 1.84 bits per heavy atom. The SMILES string of the molecule is CNC(=O)c1cc2c(Oc3ccc(CC(=O)Cc4nccs4)cc3)ccnc2cc1C. The van der Waals surface area contributed by atoms with Gasteiger partial charge >= 0.3 is 0 Å². The summed E-state index contributed by atoms with van der Waals surface area (Å²) >= 11 is 1.49. The molecule has 0 spiro atoms. The monoisotopic (exact) mass is 431 g/mol. The lowest BCUT2D eigenvalue weighted by atomic mass is 10.0. The van der Waals surface area contributed by atoms with Crippen LogP contribution in [0.25, 0.3) is 10.9 Å². The minimum Gasteiger partial charge on any atom is -0.457 e. The van der Waals surface area contributed by atoms with Gasteiger partial charge in [-0.05, 0) is 48.4 Å².